The van der Waals surface area contributed by atoms with Crippen LogP contribution in [0.3, 0.4) is 0 Å². The summed E-state index contributed by atoms with van der Waals surface area (Å²) in [5.41, 5.74) is 0.535. The molecule has 0 aliphatic carbocycles. The monoisotopic (exact) mass is 261 g/mol. The van der Waals surface area contributed by atoms with Gasteiger partial charge in [-0.2, -0.15) is 0 Å². The van der Waals surface area contributed by atoms with Crippen LogP contribution in [0, 0.1) is 0 Å². The van der Waals surface area contributed by atoms with Gasteiger partial charge in [0.1, 0.15) is 5.69 Å². The zero-order valence-electron chi connectivity index (χ0n) is 10.8. The lowest BCUT2D eigenvalue weighted by Gasteiger charge is -2.16. The summed E-state index contributed by atoms with van der Waals surface area (Å²) in [6.45, 7) is 3.91. The molecule has 6 heteroatoms. The van der Waals surface area contributed by atoms with Gasteiger partial charge in [-0.3, -0.25) is 4.79 Å². The molecular formula is C13H15N3O3. The third-order valence-electron chi connectivity index (χ3n) is 2.98. The van der Waals surface area contributed by atoms with E-state index in [2.05, 4.69) is 4.98 Å². The molecule has 0 spiro atoms. The number of hydrogen-bond acceptors (Lipinski definition) is 3. The van der Waals surface area contributed by atoms with E-state index in [0.29, 0.717) is 12.1 Å². The Bertz CT molecular complexity index is 599. The number of Topliss-reactive ketones (excluding diaryl/α,β-unsaturated/α-hetero) is 1. The molecular weight excluding hydrogens is 246 g/mol. The number of carboxylic acids is 1. The molecule has 0 aromatic carbocycles. The highest BCUT2D eigenvalue weighted by molar-refractivity contribution is 5.97. The summed E-state index contributed by atoms with van der Waals surface area (Å²) in [7, 11) is 0. The normalized spacial score (nSPS) is 12.3. The molecule has 1 N–H and O–H groups in total. The van der Waals surface area contributed by atoms with Crippen molar-refractivity contribution in [2.45, 2.75) is 26.4 Å². The fourth-order valence-electron chi connectivity index (χ4n) is 2.00. The van der Waals surface area contributed by atoms with Crippen molar-refractivity contribution in [3.05, 3.63) is 42.2 Å². The molecule has 1 unspecified atom stereocenters. The summed E-state index contributed by atoms with van der Waals surface area (Å²) in [6.07, 6.45) is 6.74. The highest BCUT2D eigenvalue weighted by atomic mass is 16.4. The van der Waals surface area contributed by atoms with Crippen molar-refractivity contribution in [1.82, 2.24) is 14.1 Å². The van der Waals surface area contributed by atoms with Crippen LogP contribution < -0.4 is 0 Å². The molecule has 2 aromatic heterocycles. The van der Waals surface area contributed by atoms with Crippen LogP contribution in [0.2, 0.25) is 0 Å². The molecule has 100 valence electrons. The van der Waals surface area contributed by atoms with E-state index in [1.807, 2.05) is 17.7 Å². The summed E-state index contributed by atoms with van der Waals surface area (Å²) in [5.74, 6) is -1.18. The number of carbonyl (C=O) groups excluding carboxylic acids is 1. The third kappa shape index (κ3) is 2.73. The van der Waals surface area contributed by atoms with Crippen LogP contribution in [-0.2, 0) is 6.54 Å². The van der Waals surface area contributed by atoms with Crippen molar-refractivity contribution in [3.63, 3.8) is 0 Å². The molecule has 6 nitrogen and oxygen atoms in total. The highest BCUT2D eigenvalue weighted by Crippen LogP contribution is 2.17. The molecule has 2 aromatic rings. The summed E-state index contributed by atoms with van der Waals surface area (Å²) >= 11 is 0. The van der Waals surface area contributed by atoms with Crippen molar-refractivity contribution in [1.29, 1.82) is 0 Å². The van der Waals surface area contributed by atoms with Gasteiger partial charge in [-0.15, -0.1) is 0 Å². The lowest BCUT2D eigenvalue weighted by Crippen LogP contribution is -2.16. The largest absolute Gasteiger partial charge is 0.477 e. The van der Waals surface area contributed by atoms with Crippen LogP contribution in [0.1, 0.15) is 40.7 Å². The van der Waals surface area contributed by atoms with Crippen LogP contribution in [0.25, 0.3) is 0 Å². The topological polar surface area (TPSA) is 77.1 Å². The van der Waals surface area contributed by atoms with E-state index >= 15 is 0 Å². The molecule has 0 radical (unpaired) electrons. The molecule has 0 fully saturated rings. The molecule has 0 saturated heterocycles. The molecule has 2 heterocycles. The fraction of sp³-hybridized carbons (Fsp3) is 0.308. The van der Waals surface area contributed by atoms with E-state index in [1.54, 1.807) is 23.3 Å². The van der Waals surface area contributed by atoms with E-state index in [4.69, 9.17) is 0 Å². The van der Waals surface area contributed by atoms with Gasteiger partial charge in [0, 0.05) is 36.7 Å². The van der Waals surface area contributed by atoms with Gasteiger partial charge in [-0.1, -0.05) is 0 Å². The van der Waals surface area contributed by atoms with E-state index in [-0.39, 0.29) is 17.5 Å². The van der Waals surface area contributed by atoms with Crippen LogP contribution in [0.4, 0.5) is 0 Å². The van der Waals surface area contributed by atoms with E-state index in [9.17, 15) is 14.7 Å². The van der Waals surface area contributed by atoms with Crippen molar-refractivity contribution in [2.75, 3.05) is 0 Å². The zero-order chi connectivity index (χ0) is 14.0. The van der Waals surface area contributed by atoms with Crippen molar-refractivity contribution in [3.8, 4) is 0 Å². The fourth-order valence-corrected chi connectivity index (χ4v) is 2.00. The Hall–Kier alpha value is -2.37. The van der Waals surface area contributed by atoms with Gasteiger partial charge >= 0.3 is 5.97 Å². The molecule has 0 amide bonds. The van der Waals surface area contributed by atoms with E-state index in [1.165, 1.54) is 13.0 Å². The second kappa shape index (κ2) is 5.09. The summed E-state index contributed by atoms with van der Waals surface area (Å²) in [4.78, 5) is 26.5. The Morgan fingerprint density at radius 3 is 2.74 bits per heavy atom. The molecule has 0 saturated carbocycles. The lowest BCUT2D eigenvalue weighted by molar-refractivity contribution is 0.0682. The second-order valence-electron chi connectivity index (χ2n) is 4.49. The minimum Gasteiger partial charge on any atom is -0.477 e. The summed E-state index contributed by atoms with van der Waals surface area (Å²) < 4.78 is 3.48. The maximum atomic E-state index is 11.4. The number of rotatable bonds is 5. The average Bonchev–Trinajstić information content (AvgIpc) is 2.96. The van der Waals surface area contributed by atoms with Gasteiger partial charge < -0.3 is 14.2 Å². The Morgan fingerprint density at radius 2 is 2.21 bits per heavy atom. The first-order valence-corrected chi connectivity index (χ1v) is 5.91. The first kappa shape index (κ1) is 13.1. The molecule has 2 rings (SSSR count). The number of imidazole rings is 1. The Labute approximate surface area is 110 Å². The molecule has 1 atom stereocenters. The van der Waals surface area contributed by atoms with E-state index in [0.717, 1.165) is 0 Å². The van der Waals surface area contributed by atoms with Crippen LogP contribution in [0.15, 0.2) is 31.0 Å². The number of aromatic carboxylic acids is 1. The molecule has 0 aliphatic rings. The van der Waals surface area contributed by atoms with E-state index < -0.39 is 5.97 Å². The number of carboxylic acid groups (broad SMARTS) is 1. The average molecular weight is 261 g/mol. The predicted octanol–water partition coefficient (Wildman–Crippen LogP) is 1.85. The quantitative estimate of drug-likeness (QED) is 0.833. The maximum absolute atomic E-state index is 11.4. The van der Waals surface area contributed by atoms with Gasteiger partial charge in [-0.05, 0) is 19.9 Å². The van der Waals surface area contributed by atoms with Gasteiger partial charge in [0.2, 0.25) is 0 Å². The number of nitrogens with zero attached hydrogens (tertiary/aromatic N) is 3. The minimum absolute atomic E-state index is 0.0894. The standard InChI is InChI=1S/C13H15N3O3/c1-9(6-15-4-3-14-8-15)16-7-11(10(2)17)5-12(16)13(18)19/h3-5,7-9H,6H2,1-2H3,(H,18,19). The van der Waals surface area contributed by atoms with Gasteiger partial charge in [0.05, 0.1) is 6.33 Å². The SMILES string of the molecule is CC(=O)c1cc(C(=O)O)n(C(C)Cn2ccnc2)c1. The van der Waals surface area contributed by atoms with Crippen molar-refractivity contribution in [2.24, 2.45) is 0 Å². The summed E-state index contributed by atoms with van der Waals surface area (Å²) in [5, 5.41) is 9.18. The minimum atomic E-state index is -1.04. The molecule has 0 aliphatic heterocycles. The van der Waals surface area contributed by atoms with Crippen LogP contribution in [0.5, 0.6) is 0 Å². The predicted molar refractivity (Wildman–Crippen MR) is 68.3 cm³/mol. The lowest BCUT2D eigenvalue weighted by atomic mass is 10.2. The highest BCUT2D eigenvalue weighted by Gasteiger charge is 2.18. The molecule has 19 heavy (non-hydrogen) atoms. The Morgan fingerprint density at radius 1 is 1.47 bits per heavy atom. The van der Waals surface area contributed by atoms with Crippen LogP contribution >= 0.6 is 0 Å². The second-order valence-corrected chi connectivity index (χ2v) is 4.49. The Kier molecular flexibility index (Phi) is 3.50. The Balaban J connectivity index is 2.31. The first-order chi connectivity index (χ1) is 8.99. The van der Waals surface area contributed by atoms with Gasteiger partial charge in [0.25, 0.3) is 0 Å². The summed E-state index contributed by atoms with van der Waals surface area (Å²) in [6, 6.07) is 1.32. The zero-order valence-corrected chi connectivity index (χ0v) is 10.8. The smallest absolute Gasteiger partial charge is 0.352 e. The van der Waals surface area contributed by atoms with Crippen molar-refractivity contribution >= 4 is 11.8 Å². The molecule has 0 bridgehead atoms. The third-order valence-corrected chi connectivity index (χ3v) is 2.98. The number of hydrogen-bond donors (Lipinski definition) is 1. The first-order valence-electron chi connectivity index (χ1n) is 5.91. The van der Waals surface area contributed by atoms with Gasteiger partial charge in [0.15, 0.2) is 5.78 Å². The number of carbonyl (C=O) groups is 2. The number of aromatic nitrogens is 3. The van der Waals surface area contributed by atoms with Crippen LogP contribution in [-0.4, -0.2) is 31.0 Å². The number of ketones is 1. The van der Waals surface area contributed by atoms with Gasteiger partial charge in [-0.25, -0.2) is 9.78 Å². The van der Waals surface area contributed by atoms with Crippen molar-refractivity contribution < 1.29 is 14.7 Å². The maximum Gasteiger partial charge on any atom is 0.352 e.